The highest BCUT2D eigenvalue weighted by molar-refractivity contribution is 5.64. The third kappa shape index (κ3) is 2.25. The minimum absolute atomic E-state index is 0.00328. The smallest absolute Gasteiger partial charge is 0.212 e. The van der Waals surface area contributed by atoms with Crippen molar-refractivity contribution in [3.8, 4) is 11.1 Å². The van der Waals surface area contributed by atoms with E-state index in [1.165, 1.54) is 12.3 Å². The van der Waals surface area contributed by atoms with Gasteiger partial charge in [-0.05, 0) is 36.2 Å². The van der Waals surface area contributed by atoms with E-state index in [2.05, 4.69) is 4.98 Å². The molecule has 82 valence electrons. The van der Waals surface area contributed by atoms with E-state index in [4.69, 9.17) is 5.11 Å². The lowest BCUT2D eigenvalue weighted by atomic mass is 10.0. The Morgan fingerprint density at radius 3 is 2.62 bits per heavy atom. The molecular weight excluding hydrogens is 205 g/mol. The Morgan fingerprint density at radius 1 is 1.19 bits per heavy atom. The molecule has 1 aromatic carbocycles. The van der Waals surface area contributed by atoms with Crippen LogP contribution in [-0.4, -0.2) is 10.1 Å². The maximum Gasteiger partial charge on any atom is 0.212 e. The topological polar surface area (TPSA) is 33.1 Å². The van der Waals surface area contributed by atoms with Crippen LogP contribution in [0, 0.1) is 12.9 Å². The Kier molecular flexibility index (Phi) is 2.97. The number of aliphatic hydroxyl groups excluding tert-OH is 1. The summed E-state index contributed by atoms with van der Waals surface area (Å²) < 4.78 is 12.7. The predicted octanol–water partition coefficient (Wildman–Crippen LogP) is 2.69. The number of aliphatic hydroxyl groups is 1. The lowest BCUT2D eigenvalue weighted by Gasteiger charge is -2.05. The van der Waals surface area contributed by atoms with Crippen LogP contribution >= 0.6 is 0 Å². The van der Waals surface area contributed by atoms with Crippen molar-refractivity contribution in [3.63, 3.8) is 0 Å². The molecule has 2 nitrogen and oxygen atoms in total. The fourth-order valence-electron chi connectivity index (χ4n) is 1.67. The standard InChI is InChI=1S/C13H12FNO/c1-9-4-10(8-16)6-12(5-9)11-2-3-13(14)15-7-11/h2-7,16H,8H2,1H3. The molecule has 0 saturated heterocycles. The van der Waals surface area contributed by atoms with E-state index in [0.717, 1.165) is 22.3 Å². The third-order valence-electron chi connectivity index (χ3n) is 2.38. The monoisotopic (exact) mass is 217 g/mol. The van der Waals surface area contributed by atoms with Crippen LogP contribution in [0.15, 0.2) is 36.5 Å². The van der Waals surface area contributed by atoms with E-state index in [0.29, 0.717) is 0 Å². The molecule has 1 aromatic heterocycles. The van der Waals surface area contributed by atoms with Gasteiger partial charge in [0.05, 0.1) is 6.61 Å². The Hall–Kier alpha value is -1.74. The van der Waals surface area contributed by atoms with E-state index in [1.807, 2.05) is 25.1 Å². The molecule has 2 rings (SSSR count). The van der Waals surface area contributed by atoms with Gasteiger partial charge in [-0.2, -0.15) is 4.39 Å². The summed E-state index contributed by atoms with van der Waals surface area (Å²) in [6.07, 6.45) is 1.49. The summed E-state index contributed by atoms with van der Waals surface area (Å²) in [4.78, 5) is 3.61. The lowest BCUT2D eigenvalue weighted by Crippen LogP contribution is -1.89. The summed E-state index contributed by atoms with van der Waals surface area (Å²) in [5.41, 5.74) is 3.70. The van der Waals surface area contributed by atoms with Crippen LogP contribution in [0.1, 0.15) is 11.1 Å². The normalized spacial score (nSPS) is 10.4. The number of pyridine rings is 1. The average Bonchev–Trinajstić information content (AvgIpc) is 2.29. The Bertz CT molecular complexity index is 494. The first kappa shape index (κ1) is 10.8. The highest BCUT2D eigenvalue weighted by Gasteiger charge is 2.02. The van der Waals surface area contributed by atoms with Crippen LogP contribution in [0.3, 0.4) is 0 Å². The van der Waals surface area contributed by atoms with Crippen molar-refractivity contribution >= 4 is 0 Å². The van der Waals surface area contributed by atoms with E-state index >= 15 is 0 Å². The minimum Gasteiger partial charge on any atom is -0.392 e. The van der Waals surface area contributed by atoms with Crippen molar-refractivity contribution in [1.82, 2.24) is 4.98 Å². The van der Waals surface area contributed by atoms with Crippen molar-refractivity contribution in [3.05, 3.63) is 53.6 Å². The molecule has 0 amide bonds. The minimum atomic E-state index is -0.487. The fourth-order valence-corrected chi connectivity index (χ4v) is 1.67. The Balaban J connectivity index is 2.47. The summed E-state index contributed by atoms with van der Waals surface area (Å²) in [7, 11) is 0. The van der Waals surface area contributed by atoms with Gasteiger partial charge in [0.2, 0.25) is 5.95 Å². The summed E-state index contributed by atoms with van der Waals surface area (Å²) >= 11 is 0. The van der Waals surface area contributed by atoms with Crippen LogP contribution in [-0.2, 0) is 6.61 Å². The molecule has 0 atom stereocenters. The van der Waals surface area contributed by atoms with Crippen molar-refractivity contribution < 1.29 is 9.50 Å². The maximum atomic E-state index is 12.7. The second-order valence-corrected chi connectivity index (χ2v) is 3.73. The van der Waals surface area contributed by atoms with Gasteiger partial charge < -0.3 is 5.11 Å². The molecule has 0 bridgehead atoms. The molecule has 1 heterocycles. The van der Waals surface area contributed by atoms with Crippen molar-refractivity contribution in [1.29, 1.82) is 0 Å². The number of halogens is 1. The second-order valence-electron chi connectivity index (χ2n) is 3.73. The van der Waals surface area contributed by atoms with Gasteiger partial charge in [0.1, 0.15) is 0 Å². The van der Waals surface area contributed by atoms with E-state index in [9.17, 15) is 4.39 Å². The number of rotatable bonds is 2. The van der Waals surface area contributed by atoms with Gasteiger partial charge in [0.15, 0.2) is 0 Å². The number of hydrogen-bond donors (Lipinski definition) is 1. The molecule has 0 saturated carbocycles. The average molecular weight is 217 g/mol. The zero-order valence-electron chi connectivity index (χ0n) is 8.94. The van der Waals surface area contributed by atoms with Crippen molar-refractivity contribution in [2.75, 3.05) is 0 Å². The number of benzene rings is 1. The van der Waals surface area contributed by atoms with Crippen LogP contribution in [0.25, 0.3) is 11.1 Å². The summed E-state index contributed by atoms with van der Waals surface area (Å²) in [6.45, 7) is 1.96. The number of aryl methyl sites for hydroxylation is 1. The Labute approximate surface area is 93.4 Å². The van der Waals surface area contributed by atoms with Crippen LogP contribution < -0.4 is 0 Å². The molecule has 0 spiro atoms. The third-order valence-corrected chi connectivity index (χ3v) is 2.38. The van der Waals surface area contributed by atoms with Gasteiger partial charge in [-0.1, -0.05) is 17.7 Å². The van der Waals surface area contributed by atoms with Crippen LogP contribution in [0.4, 0.5) is 4.39 Å². The molecule has 0 radical (unpaired) electrons. The molecule has 0 unspecified atom stereocenters. The molecule has 1 N–H and O–H groups in total. The first-order valence-electron chi connectivity index (χ1n) is 5.02. The van der Waals surface area contributed by atoms with Crippen molar-refractivity contribution in [2.24, 2.45) is 0 Å². The highest BCUT2D eigenvalue weighted by Crippen LogP contribution is 2.21. The Morgan fingerprint density at radius 2 is 2.00 bits per heavy atom. The summed E-state index contributed by atoms with van der Waals surface area (Å²) in [5.74, 6) is -0.487. The predicted molar refractivity (Wildman–Crippen MR) is 60.3 cm³/mol. The molecule has 0 aliphatic rings. The maximum absolute atomic E-state index is 12.7. The fraction of sp³-hybridized carbons (Fsp3) is 0.154. The quantitative estimate of drug-likeness (QED) is 0.784. The largest absolute Gasteiger partial charge is 0.392 e. The van der Waals surface area contributed by atoms with Gasteiger partial charge >= 0.3 is 0 Å². The molecule has 0 aliphatic heterocycles. The summed E-state index contributed by atoms with van der Waals surface area (Å²) in [5, 5.41) is 9.10. The van der Waals surface area contributed by atoms with E-state index < -0.39 is 5.95 Å². The van der Waals surface area contributed by atoms with Crippen molar-refractivity contribution in [2.45, 2.75) is 13.5 Å². The van der Waals surface area contributed by atoms with E-state index in [1.54, 1.807) is 6.07 Å². The second kappa shape index (κ2) is 4.41. The van der Waals surface area contributed by atoms with Crippen LogP contribution in [0.5, 0.6) is 0 Å². The van der Waals surface area contributed by atoms with Gasteiger partial charge in [0.25, 0.3) is 0 Å². The molecule has 0 fully saturated rings. The zero-order valence-corrected chi connectivity index (χ0v) is 8.94. The molecule has 2 aromatic rings. The number of aromatic nitrogens is 1. The highest BCUT2D eigenvalue weighted by atomic mass is 19.1. The van der Waals surface area contributed by atoms with Gasteiger partial charge in [-0.25, -0.2) is 4.98 Å². The lowest BCUT2D eigenvalue weighted by molar-refractivity contribution is 0.282. The first-order valence-corrected chi connectivity index (χ1v) is 5.02. The number of hydrogen-bond acceptors (Lipinski definition) is 2. The molecule has 16 heavy (non-hydrogen) atoms. The van der Waals surface area contributed by atoms with Gasteiger partial charge in [0, 0.05) is 11.8 Å². The molecule has 0 aliphatic carbocycles. The molecular formula is C13H12FNO. The molecule has 3 heteroatoms. The van der Waals surface area contributed by atoms with Crippen LogP contribution in [0.2, 0.25) is 0 Å². The number of nitrogens with zero attached hydrogens (tertiary/aromatic N) is 1. The summed E-state index contributed by atoms with van der Waals surface area (Å²) in [6, 6.07) is 8.78. The first-order chi connectivity index (χ1) is 7.69. The van der Waals surface area contributed by atoms with Gasteiger partial charge in [-0.15, -0.1) is 0 Å². The zero-order chi connectivity index (χ0) is 11.5. The SMILES string of the molecule is Cc1cc(CO)cc(-c2ccc(F)nc2)c1. The van der Waals surface area contributed by atoms with E-state index in [-0.39, 0.29) is 6.61 Å². The van der Waals surface area contributed by atoms with Gasteiger partial charge in [-0.3, -0.25) is 0 Å².